The van der Waals surface area contributed by atoms with Gasteiger partial charge in [0.25, 0.3) is 0 Å². The monoisotopic (exact) mass is 378 g/mol. The van der Waals surface area contributed by atoms with Gasteiger partial charge in [0.1, 0.15) is 5.82 Å². The molecule has 2 aromatic carbocycles. The van der Waals surface area contributed by atoms with Crippen molar-refractivity contribution in [2.45, 2.75) is 25.7 Å². The molecule has 0 fully saturated rings. The molecule has 2 aromatic rings. The first-order chi connectivity index (χ1) is 12.2. The normalized spacial score (nSPS) is 11.6. The van der Waals surface area contributed by atoms with Crippen molar-refractivity contribution in [2.24, 2.45) is 0 Å². The van der Waals surface area contributed by atoms with Gasteiger partial charge in [-0.3, -0.25) is 4.79 Å². The molecule has 26 heavy (non-hydrogen) atoms. The van der Waals surface area contributed by atoms with Gasteiger partial charge in [0.2, 0.25) is 15.9 Å². The summed E-state index contributed by atoms with van der Waals surface area (Å²) in [5.41, 5.74) is 2.73. The second-order valence-corrected chi connectivity index (χ2v) is 8.19. The molecule has 0 aliphatic heterocycles. The molecule has 0 aliphatic rings. The van der Waals surface area contributed by atoms with Gasteiger partial charge in [-0.25, -0.2) is 12.8 Å². The Bertz CT molecular complexity index is 896. The summed E-state index contributed by atoms with van der Waals surface area (Å²) in [6, 6.07) is 10.3. The minimum absolute atomic E-state index is 0.0519. The molecule has 5 nitrogen and oxygen atoms in total. The van der Waals surface area contributed by atoms with Gasteiger partial charge in [-0.15, -0.1) is 0 Å². The number of carbonyl (C=O) groups is 1. The lowest BCUT2D eigenvalue weighted by Crippen LogP contribution is -2.41. The lowest BCUT2D eigenvalue weighted by molar-refractivity contribution is -0.118. The third-order valence-electron chi connectivity index (χ3n) is 4.15. The van der Waals surface area contributed by atoms with Crippen molar-refractivity contribution in [3.8, 4) is 0 Å². The number of carbonyl (C=O) groups excluding carboxylic acids is 1. The largest absolute Gasteiger partial charge is 0.311 e. The number of amides is 1. The third kappa shape index (κ3) is 4.28. The summed E-state index contributed by atoms with van der Waals surface area (Å²) in [5, 5.41) is 0. The zero-order valence-electron chi connectivity index (χ0n) is 15.4. The number of sulfonamides is 1. The van der Waals surface area contributed by atoms with E-state index < -0.39 is 15.8 Å². The highest BCUT2D eigenvalue weighted by atomic mass is 32.2. The smallest absolute Gasteiger partial charge is 0.243 e. The van der Waals surface area contributed by atoms with Crippen LogP contribution >= 0.6 is 0 Å². The van der Waals surface area contributed by atoms with Crippen molar-refractivity contribution in [1.29, 1.82) is 0 Å². The molecule has 0 spiro atoms. The van der Waals surface area contributed by atoms with Crippen LogP contribution in [0.1, 0.15) is 18.1 Å². The number of aryl methyl sites for hydroxylation is 2. The van der Waals surface area contributed by atoms with Crippen molar-refractivity contribution in [3.63, 3.8) is 0 Å². The third-order valence-corrected chi connectivity index (χ3v) is 5.97. The molecule has 0 saturated heterocycles. The fourth-order valence-electron chi connectivity index (χ4n) is 2.64. The van der Waals surface area contributed by atoms with Crippen LogP contribution in [0, 0.1) is 19.7 Å². The summed E-state index contributed by atoms with van der Waals surface area (Å²) in [7, 11) is -2.53. The van der Waals surface area contributed by atoms with Gasteiger partial charge in [0, 0.05) is 19.3 Å². The van der Waals surface area contributed by atoms with Crippen LogP contribution in [0.3, 0.4) is 0 Å². The standard InChI is InChI=1S/C19H23FN2O3S/c1-5-22(18-12-14(2)6-7-15(18)3)19(23)13-21(4)26(24,25)17-10-8-16(20)9-11-17/h6-12H,5,13H2,1-4H3. The first-order valence-electron chi connectivity index (χ1n) is 8.26. The van der Waals surface area contributed by atoms with E-state index in [0.717, 1.165) is 33.3 Å². The van der Waals surface area contributed by atoms with Gasteiger partial charge >= 0.3 is 0 Å². The molecule has 2 rings (SSSR count). The molecule has 0 heterocycles. The van der Waals surface area contributed by atoms with Gasteiger partial charge in [-0.05, 0) is 62.2 Å². The SMILES string of the molecule is CCN(C(=O)CN(C)S(=O)(=O)c1ccc(F)cc1)c1cc(C)ccc1C. The minimum atomic E-state index is -3.87. The second kappa shape index (κ2) is 7.97. The van der Waals surface area contributed by atoms with Crippen LogP contribution in [0.15, 0.2) is 47.4 Å². The van der Waals surface area contributed by atoms with Crippen LogP contribution in [0.2, 0.25) is 0 Å². The number of benzene rings is 2. The predicted octanol–water partition coefficient (Wildman–Crippen LogP) is 3.12. The highest BCUT2D eigenvalue weighted by molar-refractivity contribution is 7.89. The average Bonchev–Trinajstić information content (AvgIpc) is 2.59. The van der Waals surface area contributed by atoms with Gasteiger partial charge < -0.3 is 4.90 Å². The molecular formula is C19H23FN2O3S. The summed E-state index contributed by atoms with van der Waals surface area (Å²) >= 11 is 0. The number of rotatable bonds is 6. The summed E-state index contributed by atoms with van der Waals surface area (Å²) in [6.45, 7) is 5.80. The molecule has 1 amide bonds. The molecular weight excluding hydrogens is 355 g/mol. The molecule has 7 heteroatoms. The Morgan fingerprint density at radius 1 is 1.08 bits per heavy atom. The van der Waals surface area contributed by atoms with Crippen LogP contribution in [-0.2, 0) is 14.8 Å². The number of hydrogen-bond donors (Lipinski definition) is 0. The average molecular weight is 378 g/mol. The first kappa shape index (κ1) is 20.1. The molecule has 140 valence electrons. The summed E-state index contributed by atoms with van der Waals surface area (Å²) in [6.07, 6.45) is 0. The Morgan fingerprint density at radius 2 is 1.69 bits per heavy atom. The fraction of sp³-hybridized carbons (Fsp3) is 0.316. The van der Waals surface area contributed by atoms with E-state index in [1.165, 1.54) is 19.2 Å². The van der Waals surface area contributed by atoms with Gasteiger partial charge in [-0.2, -0.15) is 4.31 Å². The van der Waals surface area contributed by atoms with E-state index in [4.69, 9.17) is 0 Å². The summed E-state index contributed by atoms with van der Waals surface area (Å²) < 4.78 is 39.2. The highest BCUT2D eigenvalue weighted by Gasteiger charge is 2.26. The lowest BCUT2D eigenvalue weighted by Gasteiger charge is -2.26. The van der Waals surface area contributed by atoms with Crippen molar-refractivity contribution in [2.75, 3.05) is 25.0 Å². The highest BCUT2D eigenvalue weighted by Crippen LogP contribution is 2.22. The number of nitrogens with zero attached hydrogens (tertiary/aromatic N) is 2. The Morgan fingerprint density at radius 3 is 2.27 bits per heavy atom. The van der Waals surface area contributed by atoms with E-state index in [-0.39, 0.29) is 17.3 Å². The van der Waals surface area contributed by atoms with Crippen LogP contribution in [0.5, 0.6) is 0 Å². The predicted molar refractivity (Wildman–Crippen MR) is 100 cm³/mol. The maximum atomic E-state index is 13.0. The van der Waals surface area contributed by atoms with Crippen molar-refractivity contribution in [1.82, 2.24) is 4.31 Å². The Balaban J connectivity index is 2.23. The quantitative estimate of drug-likeness (QED) is 0.776. The van der Waals surface area contributed by atoms with Gasteiger partial charge in [0.05, 0.1) is 11.4 Å². The maximum absolute atomic E-state index is 13.0. The molecule has 0 aromatic heterocycles. The van der Waals surface area contributed by atoms with E-state index in [1.54, 1.807) is 4.90 Å². The molecule has 0 unspecified atom stereocenters. The number of anilines is 1. The Hall–Kier alpha value is -2.25. The Kier molecular flexibility index (Phi) is 6.15. The molecule has 0 bridgehead atoms. The minimum Gasteiger partial charge on any atom is -0.311 e. The van der Waals surface area contributed by atoms with Crippen LogP contribution in [0.25, 0.3) is 0 Å². The van der Waals surface area contributed by atoms with Crippen molar-refractivity contribution >= 4 is 21.6 Å². The molecule has 0 N–H and O–H groups in total. The van der Waals surface area contributed by atoms with E-state index in [1.807, 2.05) is 39.0 Å². The van der Waals surface area contributed by atoms with E-state index in [9.17, 15) is 17.6 Å². The maximum Gasteiger partial charge on any atom is 0.243 e. The van der Waals surface area contributed by atoms with E-state index in [0.29, 0.717) is 6.54 Å². The van der Waals surface area contributed by atoms with Gasteiger partial charge in [0.15, 0.2) is 0 Å². The topological polar surface area (TPSA) is 57.7 Å². The number of halogens is 1. The second-order valence-electron chi connectivity index (χ2n) is 6.14. The van der Waals surface area contributed by atoms with Gasteiger partial charge in [-0.1, -0.05) is 12.1 Å². The Labute approximate surface area is 154 Å². The van der Waals surface area contributed by atoms with E-state index >= 15 is 0 Å². The summed E-state index contributed by atoms with van der Waals surface area (Å²) in [4.78, 5) is 14.3. The van der Waals surface area contributed by atoms with Crippen LogP contribution < -0.4 is 4.90 Å². The molecule has 0 radical (unpaired) electrons. The van der Waals surface area contributed by atoms with Crippen molar-refractivity contribution < 1.29 is 17.6 Å². The molecule has 0 aliphatic carbocycles. The van der Waals surface area contributed by atoms with Crippen LogP contribution in [-0.4, -0.2) is 38.8 Å². The molecule has 0 saturated carbocycles. The zero-order chi connectivity index (χ0) is 19.5. The fourth-order valence-corrected chi connectivity index (χ4v) is 3.76. The lowest BCUT2D eigenvalue weighted by atomic mass is 10.1. The van der Waals surface area contributed by atoms with E-state index in [2.05, 4.69) is 0 Å². The zero-order valence-corrected chi connectivity index (χ0v) is 16.2. The first-order valence-corrected chi connectivity index (χ1v) is 9.70. The summed E-state index contributed by atoms with van der Waals surface area (Å²) in [5.74, 6) is -0.843. The van der Waals surface area contributed by atoms with Crippen LogP contribution in [0.4, 0.5) is 10.1 Å². The number of hydrogen-bond acceptors (Lipinski definition) is 3. The molecule has 0 atom stereocenters. The number of likely N-dealkylation sites (N-methyl/N-ethyl adjacent to an activating group) is 2. The van der Waals surface area contributed by atoms with Crippen molar-refractivity contribution in [3.05, 3.63) is 59.4 Å².